The van der Waals surface area contributed by atoms with E-state index in [9.17, 15) is 4.79 Å². The first kappa shape index (κ1) is 22.3. The number of hydrogen-bond donors (Lipinski definition) is 0. The third-order valence-electron chi connectivity index (χ3n) is 6.05. The van der Waals surface area contributed by atoms with Gasteiger partial charge in [-0.1, -0.05) is 63.9 Å². The molecule has 2 aromatic rings. The highest BCUT2D eigenvalue weighted by molar-refractivity contribution is 5.79. The molecule has 1 aromatic carbocycles. The smallest absolute Gasteiger partial charge is 0.225 e. The zero-order chi connectivity index (χ0) is 21.5. The topological polar surface area (TPSA) is 49.3 Å². The summed E-state index contributed by atoms with van der Waals surface area (Å²) in [6.45, 7) is 8.79. The number of unbranched alkanes of at least 4 members (excludes halogenated alkanes) is 1. The Morgan fingerprint density at radius 2 is 1.90 bits per heavy atom. The van der Waals surface area contributed by atoms with Gasteiger partial charge >= 0.3 is 0 Å². The fourth-order valence-electron chi connectivity index (χ4n) is 4.27. The van der Waals surface area contributed by atoms with Crippen LogP contribution in [0, 0.1) is 5.92 Å². The minimum absolute atomic E-state index is 0.132. The van der Waals surface area contributed by atoms with Crippen LogP contribution in [0.15, 0.2) is 30.3 Å². The molecule has 0 saturated heterocycles. The number of rotatable bonds is 9. The van der Waals surface area contributed by atoms with Crippen molar-refractivity contribution >= 4 is 11.7 Å². The second-order valence-corrected chi connectivity index (χ2v) is 8.34. The van der Waals surface area contributed by atoms with E-state index >= 15 is 0 Å². The molecule has 0 radical (unpaired) electrons. The van der Waals surface area contributed by atoms with E-state index in [1.54, 1.807) is 0 Å². The molecule has 0 bridgehead atoms. The number of aromatic nitrogens is 2. The third kappa shape index (κ3) is 5.00. The number of hydrogen-bond acceptors (Lipinski definition) is 4. The molecular formula is C25H36N4O. The Bertz CT molecular complexity index is 837. The van der Waals surface area contributed by atoms with Gasteiger partial charge in [0.05, 0.1) is 12.2 Å². The molecule has 1 amide bonds. The van der Waals surface area contributed by atoms with Crippen molar-refractivity contribution in [1.82, 2.24) is 14.9 Å². The van der Waals surface area contributed by atoms with Crippen LogP contribution in [-0.4, -0.2) is 40.9 Å². The Morgan fingerprint density at radius 1 is 1.13 bits per heavy atom. The van der Waals surface area contributed by atoms with E-state index in [2.05, 4.69) is 44.9 Å². The van der Waals surface area contributed by atoms with Gasteiger partial charge in [-0.2, -0.15) is 0 Å². The maximum Gasteiger partial charge on any atom is 0.225 e. The normalized spacial score (nSPS) is 14.3. The monoisotopic (exact) mass is 408 g/mol. The summed E-state index contributed by atoms with van der Waals surface area (Å²) in [6.07, 6.45) is 5.99. The van der Waals surface area contributed by atoms with Crippen molar-refractivity contribution in [1.29, 1.82) is 0 Å². The fraction of sp³-hybridized carbons (Fsp3) is 0.560. The molecule has 0 saturated carbocycles. The zero-order valence-corrected chi connectivity index (χ0v) is 19.0. The fourth-order valence-corrected chi connectivity index (χ4v) is 4.27. The highest BCUT2D eigenvalue weighted by atomic mass is 16.2. The minimum Gasteiger partial charge on any atom is -0.359 e. The Morgan fingerprint density at radius 3 is 2.57 bits per heavy atom. The Labute approximate surface area is 181 Å². The van der Waals surface area contributed by atoms with Crippen LogP contribution in [0.1, 0.15) is 64.1 Å². The van der Waals surface area contributed by atoms with E-state index < -0.39 is 0 Å². The van der Waals surface area contributed by atoms with Crippen LogP contribution in [0.3, 0.4) is 0 Å². The predicted octanol–water partition coefficient (Wildman–Crippen LogP) is 5.09. The largest absolute Gasteiger partial charge is 0.359 e. The number of carbonyl (C=O) groups excluding carboxylic acids is 1. The van der Waals surface area contributed by atoms with E-state index in [-0.39, 0.29) is 5.92 Å². The van der Waals surface area contributed by atoms with Crippen LogP contribution in [0.25, 0.3) is 11.4 Å². The lowest BCUT2D eigenvalue weighted by Gasteiger charge is -2.33. The molecule has 0 aliphatic carbocycles. The number of amides is 1. The van der Waals surface area contributed by atoms with Crippen LogP contribution in [0.4, 0.5) is 5.82 Å². The van der Waals surface area contributed by atoms with Crippen LogP contribution in [0.5, 0.6) is 0 Å². The van der Waals surface area contributed by atoms with Crippen molar-refractivity contribution in [3.63, 3.8) is 0 Å². The molecule has 5 nitrogen and oxygen atoms in total. The highest BCUT2D eigenvalue weighted by Crippen LogP contribution is 2.30. The molecule has 0 fully saturated rings. The molecule has 1 aromatic heterocycles. The minimum atomic E-state index is 0.132. The predicted molar refractivity (Wildman–Crippen MR) is 123 cm³/mol. The lowest BCUT2D eigenvalue weighted by molar-refractivity contribution is -0.136. The second kappa shape index (κ2) is 10.6. The first-order valence-electron chi connectivity index (χ1n) is 11.5. The van der Waals surface area contributed by atoms with Gasteiger partial charge in [0.1, 0.15) is 5.82 Å². The summed E-state index contributed by atoms with van der Waals surface area (Å²) in [6, 6.07) is 10.2. The van der Waals surface area contributed by atoms with Gasteiger partial charge in [-0.3, -0.25) is 4.79 Å². The van der Waals surface area contributed by atoms with E-state index in [1.807, 2.05) is 23.1 Å². The van der Waals surface area contributed by atoms with Crippen molar-refractivity contribution in [2.24, 2.45) is 5.92 Å². The molecule has 30 heavy (non-hydrogen) atoms. The molecule has 1 atom stereocenters. The molecule has 1 aliphatic heterocycles. The SMILES string of the molecule is CCCCC(CC)C(=O)N1CCc2nc(-c3ccccc3)nc(N(C)CCC)c2C1. The Kier molecular flexibility index (Phi) is 7.83. The van der Waals surface area contributed by atoms with Crippen LogP contribution in [0.2, 0.25) is 0 Å². The maximum atomic E-state index is 13.2. The lowest BCUT2D eigenvalue weighted by Crippen LogP contribution is -2.41. The number of benzene rings is 1. The summed E-state index contributed by atoms with van der Waals surface area (Å²) in [5, 5.41) is 0. The molecule has 0 spiro atoms. The summed E-state index contributed by atoms with van der Waals surface area (Å²) in [5.74, 6) is 2.18. The Balaban J connectivity index is 1.93. The summed E-state index contributed by atoms with van der Waals surface area (Å²) in [4.78, 5) is 27.4. The standard InChI is InChI=1S/C25H36N4O/c1-5-8-12-19(7-3)25(30)29-17-15-22-21(18-29)24(28(4)16-6-2)27-23(26-22)20-13-10-9-11-14-20/h9-11,13-14,19H,5-8,12,15-18H2,1-4H3. The molecule has 1 aliphatic rings. The van der Waals surface area contributed by atoms with Crippen LogP contribution in [-0.2, 0) is 17.8 Å². The number of carbonyl (C=O) groups is 1. The maximum absolute atomic E-state index is 13.2. The van der Waals surface area contributed by atoms with Gasteiger partial charge in [-0.05, 0) is 19.3 Å². The summed E-state index contributed by atoms with van der Waals surface area (Å²) in [7, 11) is 2.09. The van der Waals surface area contributed by atoms with Crippen molar-refractivity contribution < 1.29 is 4.79 Å². The van der Waals surface area contributed by atoms with Crippen molar-refractivity contribution in [3.8, 4) is 11.4 Å². The number of nitrogens with zero attached hydrogens (tertiary/aromatic N) is 4. The lowest BCUT2D eigenvalue weighted by atomic mass is 9.96. The summed E-state index contributed by atoms with van der Waals surface area (Å²) in [5.41, 5.74) is 3.25. The van der Waals surface area contributed by atoms with E-state index in [1.165, 1.54) is 0 Å². The summed E-state index contributed by atoms with van der Waals surface area (Å²) < 4.78 is 0. The van der Waals surface area contributed by atoms with Crippen molar-refractivity contribution in [2.75, 3.05) is 25.0 Å². The quantitative estimate of drug-likeness (QED) is 0.580. The van der Waals surface area contributed by atoms with Crippen LogP contribution < -0.4 is 4.90 Å². The van der Waals surface area contributed by atoms with E-state index in [4.69, 9.17) is 9.97 Å². The molecule has 3 rings (SSSR count). The van der Waals surface area contributed by atoms with Crippen molar-refractivity contribution in [3.05, 3.63) is 41.6 Å². The van der Waals surface area contributed by atoms with Gasteiger partial charge in [-0.25, -0.2) is 9.97 Å². The van der Waals surface area contributed by atoms with Gasteiger partial charge in [0.25, 0.3) is 0 Å². The van der Waals surface area contributed by atoms with Gasteiger partial charge in [0.2, 0.25) is 5.91 Å². The molecule has 5 heteroatoms. The molecule has 162 valence electrons. The van der Waals surface area contributed by atoms with Crippen LogP contribution >= 0.6 is 0 Å². The molecule has 1 unspecified atom stereocenters. The number of anilines is 1. The van der Waals surface area contributed by atoms with Crippen molar-refractivity contribution in [2.45, 2.75) is 65.8 Å². The number of fused-ring (bicyclic) bond motifs is 1. The zero-order valence-electron chi connectivity index (χ0n) is 19.0. The second-order valence-electron chi connectivity index (χ2n) is 8.34. The third-order valence-corrected chi connectivity index (χ3v) is 6.05. The molecular weight excluding hydrogens is 372 g/mol. The first-order chi connectivity index (χ1) is 14.6. The Hall–Kier alpha value is -2.43. The average molecular weight is 409 g/mol. The highest BCUT2D eigenvalue weighted by Gasteiger charge is 2.29. The van der Waals surface area contributed by atoms with Gasteiger partial charge < -0.3 is 9.80 Å². The first-order valence-corrected chi connectivity index (χ1v) is 11.5. The van der Waals surface area contributed by atoms with Gasteiger partial charge in [0.15, 0.2) is 5.82 Å². The molecule has 2 heterocycles. The summed E-state index contributed by atoms with van der Waals surface area (Å²) >= 11 is 0. The van der Waals surface area contributed by atoms with E-state index in [0.717, 1.165) is 80.1 Å². The van der Waals surface area contributed by atoms with E-state index in [0.29, 0.717) is 12.5 Å². The van der Waals surface area contributed by atoms with Gasteiger partial charge in [-0.15, -0.1) is 0 Å². The van der Waals surface area contributed by atoms with Gasteiger partial charge in [0, 0.05) is 43.6 Å². The average Bonchev–Trinajstić information content (AvgIpc) is 2.79. The molecule has 0 N–H and O–H groups in total.